The van der Waals surface area contributed by atoms with Crippen molar-refractivity contribution in [2.75, 3.05) is 24.3 Å². The van der Waals surface area contributed by atoms with Crippen LogP contribution in [0, 0.1) is 0 Å². The van der Waals surface area contributed by atoms with E-state index in [9.17, 15) is 13.2 Å². The molecule has 0 aromatic heterocycles. The fraction of sp³-hybridized carbons (Fsp3) is 0.208. The Labute approximate surface area is 193 Å². The number of carbonyl (C=O) groups excluding carboxylic acids is 1. The van der Waals surface area contributed by atoms with Gasteiger partial charge in [-0.1, -0.05) is 25.1 Å². The Morgan fingerprint density at radius 2 is 1.61 bits per heavy atom. The normalized spacial score (nSPS) is 11.8. The van der Waals surface area contributed by atoms with Gasteiger partial charge in [0.05, 0.1) is 24.8 Å². The molecule has 0 aliphatic rings. The van der Waals surface area contributed by atoms with Crippen LogP contribution in [0.1, 0.15) is 13.3 Å². The van der Waals surface area contributed by atoms with E-state index in [1.54, 1.807) is 30.3 Å². The molecule has 1 amide bonds. The summed E-state index contributed by atoms with van der Waals surface area (Å²) in [6.45, 7) is 1.85. The maximum Gasteiger partial charge on any atom is 0.265 e. The molecule has 0 saturated heterocycles. The summed E-state index contributed by atoms with van der Waals surface area (Å²) in [4.78, 5) is 12.6. The highest BCUT2D eigenvalue weighted by Crippen LogP contribution is 2.31. The number of benzene rings is 3. The van der Waals surface area contributed by atoms with Crippen molar-refractivity contribution in [3.63, 3.8) is 0 Å². The number of methoxy groups -OCH3 is 2. The number of rotatable bonds is 10. The third-order valence-electron chi connectivity index (χ3n) is 4.77. The second-order valence-corrected chi connectivity index (χ2v) is 8.70. The number of nitrogens with one attached hydrogen (secondary N) is 2. The molecule has 3 rings (SSSR count). The van der Waals surface area contributed by atoms with E-state index in [0.717, 1.165) is 0 Å². The van der Waals surface area contributed by atoms with Crippen LogP contribution in [0.25, 0.3) is 0 Å². The van der Waals surface area contributed by atoms with Crippen molar-refractivity contribution < 1.29 is 27.4 Å². The first kappa shape index (κ1) is 23.9. The Balaban J connectivity index is 1.69. The molecular formula is C24H26N2O6S. The molecule has 3 aromatic rings. The topological polar surface area (TPSA) is 103 Å². The number of carbonyl (C=O) groups is 1. The third kappa shape index (κ3) is 6.17. The lowest BCUT2D eigenvalue weighted by molar-refractivity contribution is -0.122. The van der Waals surface area contributed by atoms with Crippen LogP contribution in [0.2, 0.25) is 0 Å². The fourth-order valence-electron chi connectivity index (χ4n) is 3.01. The summed E-state index contributed by atoms with van der Waals surface area (Å²) in [5.41, 5.74) is 0.732. The fourth-order valence-corrected chi connectivity index (χ4v) is 4.08. The van der Waals surface area contributed by atoms with Crippen molar-refractivity contribution in [2.24, 2.45) is 0 Å². The van der Waals surface area contributed by atoms with Gasteiger partial charge in [0.15, 0.2) is 6.10 Å². The molecule has 3 aromatic carbocycles. The molecule has 0 unspecified atom stereocenters. The van der Waals surface area contributed by atoms with Gasteiger partial charge in [-0.15, -0.1) is 0 Å². The van der Waals surface area contributed by atoms with Gasteiger partial charge in [0.25, 0.3) is 15.9 Å². The van der Waals surface area contributed by atoms with Crippen molar-refractivity contribution >= 4 is 27.3 Å². The quantitative estimate of drug-likeness (QED) is 0.458. The lowest BCUT2D eigenvalue weighted by Gasteiger charge is -2.17. The van der Waals surface area contributed by atoms with Crippen LogP contribution in [0.3, 0.4) is 0 Å². The van der Waals surface area contributed by atoms with Gasteiger partial charge in [-0.3, -0.25) is 9.52 Å². The highest BCUT2D eigenvalue weighted by atomic mass is 32.2. The van der Waals surface area contributed by atoms with E-state index in [0.29, 0.717) is 29.4 Å². The SMILES string of the molecule is CC[C@H](Oc1ccccc1)C(=O)Nc1ccc(S(=O)(=O)Nc2ccc(OC)cc2OC)cc1. The van der Waals surface area contributed by atoms with Gasteiger partial charge < -0.3 is 19.5 Å². The zero-order valence-corrected chi connectivity index (χ0v) is 19.4. The number of amides is 1. The monoisotopic (exact) mass is 470 g/mol. The average Bonchev–Trinajstić information content (AvgIpc) is 2.83. The molecule has 0 aliphatic heterocycles. The molecule has 2 N–H and O–H groups in total. The summed E-state index contributed by atoms with van der Waals surface area (Å²) >= 11 is 0. The highest BCUT2D eigenvalue weighted by Gasteiger charge is 2.20. The number of ether oxygens (including phenoxy) is 3. The van der Waals surface area contributed by atoms with Crippen LogP contribution in [-0.4, -0.2) is 34.6 Å². The van der Waals surface area contributed by atoms with Crippen LogP contribution in [0.15, 0.2) is 77.7 Å². The molecule has 0 spiro atoms. The van der Waals surface area contributed by atoms with Gasteiger partial charge in [-0.05, 0) is 55.0 Å². The first-order chi connectivity index (χ1) is 15.9. The van der Waals surface area contributed by atoms with Crippen molar-refractivity contribution in [3.8, 4) is 17.2 Å². The molecule has 0 saturated carbocycles. The van der Waals surface area contributed by atoms with Gasteiger partial charge in [0.1, 0.15) is 17.2 Å². The largest absolute Gasteiger partial charge is 0.497 e. The van der Waals surface area contributed by atoms with Crippen LogP contribution in [-0.2, 0) is 14.8 Å². The smallest absolute Gasteiger partial charge is 0.265 e. The maximum atomic E-state index is 12.8. The molecule has 0 bridgehead atoms. The lowest BCUT2D eigenvalue weighted by Crippen LogP contribution is -2.32. The molecule has 1 atom stereocenters. The minimum atomic E-state index is -3.88. The molecular weight excluding hydrogens is 444 g/mol. The summed E-state index contributed by atoms with van der Waals surface area (Å²) in [6, 6.07) is 19.7. The van der Waals surface area contributed by atoms with Gasteiger partial charge in [-0.2, -0.15) is 0 Å². The van der Waals surface area contributed by atoms with Crippen molar-refractivity contribution in [3.05, 3.63) is 72.8 Å². The van der Waals surface area contributed by atoms with Crippen LogP contribution in [0.4, 0.5) is 11.4 Å². The Hall–Kier alpha value is -3.72. The van der Waals surface area contributed by atoms with E-state index in [4.69, 9.17) is 14.2 Å². The number of sulfonamides is 1. The number of hydrogen-bond donors (Lipinski definition) is 2. The number of anilines is 2. The molecule has 0 aliphatic carbocycles. The molecule has 0 fully saturated rings. The van der Waals surface area contributed by atoms with Gasteiger partial charge in [-0.25, -0.2) is 8.42 Å². The van der Waals surface area contributed by atoms with Gasteiger partial charge >= 0.3 is 0 Å². The Morgan fingerprint density at radius 1 is 0.909 bits per heavy atom. The standard InChI is InChI=1S/C24H26N2O6S/c1-4-22(32-18-8-6-5-7-9-18)24(27)25-17-10-13-20(14-11-17)33(28,29)26-21-15-12-19(30-2)16-23(21)31-3/h5-16,22,26H,4H2,1-3H3,(H,25,27)/t22-/m0/s1. The summed E-state index contributed by atoms with van der Waals surface area (Å²) in [6.07, 6.45) is -0.208. The predicted octanol–water partition coefficient (Wildman–Crippen LogP) is 4.30. The number of hydrogen-bond acceptors (Lipinski definition) is 6. The van der Waals surface area contributed by atoms with E-state index >= 15 is 0 Å². The summed E-state index contributed by atoms with van der Waals surface area (Å²) in [5, 5.41) is 2.76. The second-order valence-electron chi connectivity index (χ2n) is 7.01. The Morgan fingerprint density at radius 3 is 2.21 bits per heavy atom. The van der Waals surface area contributed by atoms with Crippen LogP contribution < -0.4 is 24.2 Å². The molecule has 0 heterocycles. The third-order valence-corrected chi connectivity index (χ3v) is 6.15. The van der Waals surface area contributed by atoms with Crippen LogP contribution >= 0.6 is 0 Å². The molecule has 174 valence electrons. The van der Waals surface area contributed by atoms with E-state index in [-0.39, 0.29) is 16.5 Å². The maximum absolute atomic E-state index is 12.8. The van der Waals surface area contributed by atoms with E-state index in [1.807, 2.05) is 25.1 Å². The van der Waals surface area contributed by atoms with Crippen molar-refractivity contribution in [2.45, 2.75) is 24.3 Å². The molecule has 9 heteroatoms. The second kappa shape index (κ2) is 10.7. The minimum Gasteiger partial charge on any atom is -0.497 e. The summed E-state index contributed by atoms with van der Waals surface area (Å²) in [5.74, 6) is 1.14. The Bertz CT molecular complexity index is 1180. The molecule has 33 heavy (non-hydrogen) atoms. The van der Waals surface area contributed by atoms with E-state index in [1.165, 1.54) is 38.5 Å². The van der Waals surface area contributed by atoms with E-state index in [2.05, 4.69) is 10.0 Å². The predicted molar refractivity (Wildman–Crippen MR) is 127 cm³/mol. The zero-order valence-electron chi connectivity index (χ0n) is 18.6. The molecule has 8 nitrogen and oxygen atoms in total. The van der Waals surface area contributed by atoms with Crippen molar-refractivity contribution in [1.29, 1.82) is 0 Å². The highest BCUT2D eigenvalue weighted by molar-refractivity contribution is 7.92. The minimum absolute atomic E-state index is 0.0333. The summed E-state index contributed by atoms with van der Waals surface area (Å²) in [7, 11) is -0.932. The first-order valence-electron chi connectivity index (χ1n) is 10.2. The Kier molecular flexibility index (Phi) is 7.78. The summed E-state index contributed by atoms with van der Waals surface area (Å²) < 4.78 is 44.2. The van der Waals surface area contributed by atoms with Gasteiger partial charge in [0.2, 0.25) is 0 Å². The molecule has 0 radical (unpaired) electrons. The van der Waals surface area contributed by atoms with Crippen LogP contribution in [0.5, 0.6) is 17.2 Å². The van der Waals surface area contributed by atoms with Crippen molar-refractivity contribution in [1.82, 2.24) is 0 Å². The lowest BCUT2D eigenvalue weighted by atomic mass is 10.2. The first-order valence-corrected chi connectivity index (χ1v) is 11.7. The average molecular weight is 471 g/mol. The van der Waals surface area contributed by atoms with Gasteiger partial charge in [0, 0.05) is 11.8 Å². The van der Waals surface area contributed by atoms with E-state index < -0.39 is 16.1 Å². The zero-order chi connectivity index (χ0) is 23.8. The number of para-hydroxylation sites is 1.